The number of hydrogen-bond donors (Lipinski definition) is 2. The van der Waals surface area contributed by atoms with Crippen LogP contribution in [-0.2, 0) is 9.59 Å². The van der Waals surface area contributed by atoms with Gasteiger partial charge in [0.2, 0.25) is 11.8 Å². The summed E-state index contributed by atoms with van der Waals surface area (Å²) in [5.41, 5.74) is 4.88. The number of halogens is 2. The van der Waals surface area contributed by atoms with Crippen molar-refractivity contribution in [1.29, 1.82) is 0 Å². The Bertz CT molecular complexity index is 1740. The molecule has 4 aromatic carbocycles. The lowest BCUT2D eigenvalue weighted by molar-refractivity contribution is -0.127. The van der Waals surface area contributed by atoms with Gasteiger partial charge in [-0.2, -0.15) is 0 Å². The van der Waals surface area contributed by atoms with Crippen molar-refractivity contribution in [3.63, 3.8) is 0 Å². The number of phenolic OH excluding ortho intramolecular Hbond substituents is 2. The maximum Gasteiger partial charge on any atom is 0.246 e. The minimum absolute atomic E-state index is 0.00744. The van der Waals surface area contributed by atoms with Gasteiger partial charge in [-0.1, -0.05) is 55.1 Å². The number of phenols is 2. The summed E-state index contributed by atoms with van der Waals surface area (Å²) in [5, 5.41) is 19.9. The summed E-state index contributed by atoms with van der Waals surface area (Å²) in [5.74, 6) is -0.405. The summed E-state index contributed by atoms with van der Waals surface area (Å²) in [6, 6.07) is 24.9. The van der Waals surface area contributed by atoms with Gasteiger partial charge in [-0.15, -0.1) is 0 Å². The molecule has 0 bridgehead atoms. The maximum absolute atomic E-state index is 13.9. The highest BCUT2D eigenvalue weighted by atomic mass is 35.5. The Morgan fingerprint density at radius 3 is 1.58 bits per heavy atom. The molecule has 2 aliphatic rings. The quantitative estimate of drug-likeness (QED) is 0.226. The van der Waals surface area contributed by atoms with Crippen molar-refractivity contribution >= 4 is 34.8 Å². The second kappa shape index (κ2) is 15.5. The molecule has 6 rings (SSSR count). The topological polar surface area (TPSA) is 87.6 Å². The number of carbonyl (C=O) groups excluding carboxylic acids is 2. The summed E-state index contributed by atoms with van der Waals surface area (Å²) in [6.07, 6.45) is 2.71. The number of carbonyl (C=O) groups is 2. The van der Waals surface area contributed by atoms with E-state index in [4.69, 9.17) is 11.6 Å². The Kier molecular flexibility index (Phi) is 11.0. The molecule has 0 aromatic heterocycles. The molecule has 2 saturated heterocycles. The number of nitrogens with zero attached hydrogens (tertiary/aromatic N) is 4. The third-order valence-corrected chi connectivity index (χ3v) is 8.85. The summed E-state index contributed by atoms with van der Waals surface area (Å²) < 4.78 is 13.9. The van der Waals surface area contributed by atoms with Crippen LogP contribution in [0.15, 0.2) is 110 Å². The van der Waals surface area contributed by atoms with E-state index in [-0.39, 0.29) is 28.9 Å². The van der Waals surface area contributed by atoms with E-state index in [0.29, 0.717) is 36.8 Å². The van der Waals surface area contributed by atoms with E-state index in [0.717, 1.165) is 48.7 Å². The van der Waals surface area contributed by atoms with E-state index < -0.39 is 5.82 Å². The lowest BCUT2D eigenvalue weighted by atomic mass is 10.0. The average molecular weight is 669 g/mol. The van der Waals surface area contributed by atoms with E-state index in [1.54, 1.807) is 29.2 Å². The van der Waals surface area contributed by atoms with Crippen molar-refractivity contribution in [2.24, 2.45) is 0 Å². The number of rotatable bonds is 6. The van der Waals surface area contributed by atoms with Gasteiger partial charge in [0.25, 0.3) is 0 Å². The van der Waals surface area contributed by atoms with Crippen molar-refractivity contribution in [2.45, 2.75) is 0 Å². The van der Waals surface area contributed by atoms with E-state index >= 15 is 0 Å². The lowest BCUT2D eigenvalue weighted by Crippen LogP contribution is -2.48. The summed E-state index contributed by atoms with van der Waals surface area (Å²) in [7, 11) is 0. The molecular weight excluding hydrogens is 631 g/mol. The maximum atomic E-state index is 13.9. The smallest absolute Gasteiger partial charge is 0.246 e. The van der Waals surface area contributed by atoms with Gasteiger partial charge >= 0.3 is 0 Å². The number of amides is 2. The Labute approximate surface area is 285 Å². The number of aromatic hydroxyl groups is 2. The van der Waals surface area contributed by atoms with Gasteiger partial charge in [-0.3, -0.25) is 9.59 Å². The molecule has 2 N–H and O–H groups in total. The van der Waals surface area contributed by atoms with Crippen LogP contribution < -0.4 is 9.80 Å². The molecule has 48 heavy (non-hydrogen) atoms. The molecule has 248 valence electrons. The monoisotopic (exact) mass is 668 g/mol. The fourth-order valence-corrected chi connectivity index (χ4v) is 6.14. The molecule has 0 saturated carbocycles. The highest BCUT2D eigenvalue weighted by Gasteiger charge is 2.21. The van der Waals surface area contributed by atoms with Crippen LogP contribution >= 0.6 is 11.6 Å². The van der Waals surface area contributed by atoms with Crippen molar-refractivity contribution < 1.29 is 24.2 Å². The molecule has 0 atom stereocenters. The van der Waals surface area contributed by atoms with Gasteiger partial charge in [0, 0.05) is 69.3 Å². The van der Waals surface area contributed by atoms with Crippen molar-refractivity contribution in [1.82, 2.24) is 9.80 Å². The Morgan fingerprint density at radius 1 is 0.667 bits per heavy atom. The Hall–Kier alpha value is -5.28. The van der Waals surface area contributed by atoms with Crippen LogP contribution in [0, 0.1) is 5.82 Å². The van der Waals surface area contributed by atoms with Crippen LogP contribution in [0.1, 0.15) is 0 Å². The molecule has 10 heteroatoms. The van der Waals surface area contributed by atoms with Crippen LogP contribution in [0.5, 0.6) is 11.5 Å². The average Bonchev–Trinajstić information content (AvgIpc) is 3.12. The number of hydrogen-bond acceptors (Lipinski definition) is 6. The fraction of sp³-hybridized carbons (Fsp3) is 0.211. The molecule has 4 aromatic rings. The van der Waals surface area contributed by atoms with Crippen LogP contribution in [0.4, 0.5) is 15.8 Å². The second-order valence-electron chi connectivity index (χ2n) is 11.4. The summed E-state index contributed by atoms with van der Waals surface area (Å²) in [6.45, 7) is 12.8. The van der Waals surface area contributed by atoms with Gasteiger partial charge in [-0.25, -0.2) is 4.39 Å². The molecule has 0 spiro atoms. The zero-order chi connectivity index (χ0) is 34.2. The van der Waals surface area contributed by atoms with Gasteiger partial charge in [0.05, 0.1) is 10.6 Å². The molecule has 2 aliphatic heterocycles. The third kappa shape index (κ3) is 7.98. The van der Waals surface area contributed by atoms with E-state index in [1.807, 2.05) is 35.2 Å². The molecule has 0 aliphatic carbocycles. The second-order valence-corrected chi connectivity index (χ2v) is 11.8. The first-order valence-corrected chi connectivity index (χ1v) is 16.1. The standard InChI is InChI=1S/C19H19ClN2O2.C19H19FN2O2/c1-2-19(24)22-11-9-21(10-12-22)15-5-3-14(4-6-15)17-8-7-16(23)13-18(17)20;1-2-18(24)22-12-10-21(11-13-22)15-8-6-14(7-9-15)19-16(20)4-3-5-17(19)23/h2-8,13,23H,1,9-12H2;2-9,23H,1,10-13H2. The molecule has 2 amide bonds. The van der Waals surface area contributed by atoms with Crippen molar-refractivity contribution in [3.8, 4) is 33.8 Å². The predicted octanol–water partition coefficient (Wildman–Crippen LogP) is 6.58. The molecule has 0 radical (unpaired) electrons. The van der Waals surface area contributed by atoms with Crippen molar-refractivity contribution in [2.75, 3.05) is 62.2 Å². The first-order chi connectivity index (χ1) is 23.2. The lowest BCUT2D eigenvalue weighted by Gasteiger charge is -2.35. The van der Waals surface area contributed by atoms with Gasteiger partial charge in [0.15, 0.2) is 0 Å². The van der Waals surface area contributed by atoms with Gasteiger partial charge < -0.3 is 29.8 Å². The Balaban J connectivity index is 0.000000188. The van der Waals surface area contributed by atoms with Gasteiger partial charge in [-0.05, 0) is 77.9 Å². The van der Waals surface area contributed by atoms with Gasteiger partial charge in [0.1, 0.15) is 17.3 Å². The zero-order valence-corrected chi connectivity index (χ0v) is 27.3. The third-order valence-electron chi connectivity index (χ3n) is 8.54. The first kappa shape index (κ1) is 34.1. The fourth-order valence-electron chi connectivity index (χ4n) is 5.86. The van der Waals surface area contributed by atoms with E-state index in [9.17, 15) is 24.2 Å². The largest absolute Gasteiger partial charge is 0.508 e. The summed E-state index contributed by atoms with van der Waals surface area (Å²) in [4.78, 5) is 31.3. The highest BCUT2D eigenvalue weighted by molar-refractivity contribution is 6.33. The Morgan fingerprint density at radius 2 is 1.15 bits per heavy atom. The molecule has 2 fully saturated rings. The number of benzene rings is 4. The van der Waals surface area contributed by atoms with Crippen LogP contribution in [0.25, 0.3) is 22.3 Å². The normalized spacial score (nSPS) is 14.5. The highest BCUT2D eigenvalue weighted by Crippen LogP contribution is 2.34. The van der Waals surface area contributed by atoms with E-state index in [1.165, 1.54) is 30.4 Å². The molecular formula is C38H38ClFN4O4. The molecule has 2 heterocycles. The number of anilines is 2. The van der Waals surface area contributed by atoms with Crippen molar-refractivity contribution in [3.05, 3.63) is 121 Å². The number of piperazine rings is 2. The zero-order valence-electron chi connectivity index (χ0n) is 26.6. The predicted molar refractivity (Wildman–Crippen MR) is 190 cm³/mol. The minimum Gasteiger partial charge on any atom is -0.508 e. The van der Waals surface area contributed by atoms with Crippen LogP contribution in [0.3, 0.4) is 0 Å². The van der Waals surface area contributed by atoms with Crippen LogP contribution in [-0.4, -0.2) is 84.2 Å². The SMILES string of the molecule is C=CC(=O)N1CCN(c2ccc(-c3c(O)cccc3F)cc2)CC1.C=CC(=O)N1CCN(c2ccc(-c3ccc(O)cc3Cl)cc2)CC1. The first-order valence-electron chi connectivity index (χ1n) is 15.7. The summed E-state index contributed by atoms with van der Waals surface area (Å²) >= 11 is 6.20. The van der Waals surface area contributed by atoms with E-state index in [2.05, 4.69) is 35.1 Å². The minimum atomic E-state index is -0.445. The van der Waals surface area contributed by atoms with Crippen LogP contribution in [0.2, 0.25) is 5.02 Å². The molecule has 8 nitrogen and oxygen atoms in total. The molecule has 0 unspecified atom stereocenters.